The second-order valence-corrected chi connectivity index (χ2v) is 11.7. The fourth-order valence-corrected chi connectivity index (χ4v) is 6.22. The Kier molecular flexibility index (Phi) is 10.8. The summed E-state index contributed by atoms with van der Waals surface area (Å²) in [5.74, 6) is 0.0873. The molecule has 0 radical (unpaired) electrons. The number of aromatic nitrogens is 2. The van der Waals surface area contributed by atoms with Gasteiger partial charge in [0.15, 0.2) is 6.17 Å². The van der Waals surface area contributed by atoms with Crippen molar-refractivity contribution in [2.24, 2.45) is 0 Å². The van der Waals surface area contributed by atoms with Gasteiger partial charge in [0.25, 0.3) is 5.24 Å². The number of phosphoric ester groups is 1. The number of phosphoric acid groups is 1. The van der Waals surface area contributed by atoms with Gasteiger partial charge >= 0.3 is 13.5 Å². The molecule has 2 fully saturated rings. The zero-order valence-electron chi connectivity index (χ0n) is 18.6. The van der Waals surface area contributed by atoms with Crippen LogP contribution in [0, 0.1) is 0 Å². The lowest BCUT2D eigenvalue weighted by Gasteiger charge is -2.22. The topological polar surface area (TPSA) is 184 Å². The van der Waals surface area contributed by atoms with E-state index >= 15 is 0 Å². The van der Waals surface area contributed by atoms with Gasteiger partial charge in [-0.25, -0.2) is 18.6 Å². The minimum atomic E-state index is -4.65. The van der Waals surface area contributed by atoms with Crippen molar-refractivity contribution < 1.29 is 42.9 Å². The quantitative estimate of drug-likeness (QED) is 0.134. The average Bonchev–Trinajstić information content (AvgIpc) is 3.09. The van der Waals surface area contributed by atoms with E-state index < -0.39 is 43.0 Å². The molecule has 13 nitrogen and oxygen atoms in total. The summed E-state index contributed by atoms with van der Waals surface area (Å²) in [7, 11) is -4.65. The molecule has 1 unspecified atom stereocenters. The summed E-state index contributed by atoms with van der Waals surface area (Å²) in [5.41, 5.74) is 4.64. The van der Waals surface area contributed by atoms with Crippen molar-refractivity contribution in [1.29, 1.82) is 0 Å². The maximum absolute atomic E-state index is 14.5. The number of halogens is 1. The highest BCUT2D eigenvalue weighted by atomic mass is 32.2. The number of nitrogens with two attached hydrogens (primary N) is 1. The van der Waals surface area contributed by atoms with Crippen molar-refractivity contribution in [3.63, 3.8) is 0 Å². The maximum atomic E-state index is 14.5. The number of carbonyl (C=O) groups is 1. The van der Waals surface area contributed by atoms with Crippen LogP contribution in [0.3, 0.4) is 0 Å². The Balaban J connectivity index is 1.32. The zero-order valence-corrected chi connectivity index (χ0v) is 21.1. The molecule has 0 bridgehead atoms. The summed E-state index contributed by atoms with van der Waals surface area (Å²) in [5, 5.41) is 15.0. The largest absolute Gasteiger partial charge is 0.501 e. The second-order valence-electron chi connectivity index (χ2n) is 7.89. The van der Waals surface area contributed by atoms with E-state index in [0.717, 1.165) is 53.8 Å². The fraction of sp³-hybridized carbons (Fsp3) is 0.722. The minimum absolute atomic E-state index is 0.0207. The number of nitrogens with one attached hydrogen (secondary N) is 1. The number of hydrogen-bond acceptors (Lipinski definition) is 12. The highest BCUT2D eigenvalue weighted by Crippen LogP contribution is 2.45. The van der Waals surface area contributed by atoms with Gasteiger partial charge in [-0.1, -0.05) is 40.7 Å². The number of nitrogen functional groups attached to an aromatic ring is 1. The van der Waals surface area contributed by atoms with Gasteiger partial charge in [-0.15, -0.1) is 11.8 Å². The molecule has 1 saturated carbocycles. The van der Waals surface area contributed by atoms with Crippen LogP contribution < -0.4 is 16.7 Å². The Hall–Kier alpha value is -1.23. The van der Waals surface area contributed by atoms with Gasteiger partial charge in [-0.05, 0) is 18.9 Å². The van der Waals surface area contributed by atoms with Crippen molar-refractivity contribution in [2.75, 3.05) is 24.7 Å². The predicted molar refractivity (Wildman–Crippen MR) is 126 cm³/mol. The van der Waals surface area contributed by atoms with E-state index in [-0.39, 0.29) is 29.5 Å². The summed E-state index contributed by atoms with van der Waals surface area (Å²) in [6.07, 6.45) is 3.15. The molecule has 0 aromatic carbocycles. The number of aliphatic hydroxyl groups is 1. The molecule has 1 amide bonds. The Morgan fingerprint density at radius 1 is 1.40 bits per heavy atom. The molecule has 2 heterocycles. The molecule has 1 aromatic heterocycles. The summed E-state index contributed by atoms with van der Waals surface area (Å²) in [6.45, 7) is -0.705. The molecule has 5 atom stereocenters. The first-order valence-electron chi connectivity index (χ1n) is 10.9. The number of rotatable bonds is 11. The number of anilines is 1. The Labute approximate surface area is 208 Å². The Bertz CT molecular complexity index is 955. The molecule has 17 heteroatoms. The second kappa shape index (κ2) is 13.4. The van der Waals surface area contributed by atoms with Gasteiger partial charge in [0, 0.05) is 18.0 Å². The van der Waals surface area contributed by atoms with Crippen LogP contribution >= 0.6 is 31.3 Å². The molecule has 198 valence electrons. The van der Waals surface area contributed by atoms with Crippen LogP contribution in [0.1, 0.15) is 37.5 Å². The number of carbonyl (C=O) groups excluding carboxylic acids is 1. The van der Waals surface area contributed by atoms with Crippen LogP contribution in [-0.4, -0.2) is 67.3 Å². The number of aliphatic hydroxyl groups excluding tert-OH is 1. The molecule has 1 aliphatic carbocycles. The first-order valence-corrected chi connectivity index (χ1v) is 14.3. The lowest BCUT2D eigenvalue weighted by atomic mass is 9.96. The van der Waals surface area contributed by atoms with Gasteiger partial charge < -0.3 is 21.1 Å². The van der Waals surface area contributed by atoms with Gasteiger partial charge in [0.1, 0.15) is 17.3 Å². The van der Waals surface area contributed by atoms with Crippen LogP contribution in [0.5, 0.6) is 0 Å². The van der Waals surface area contributed by atoms with Gasteiger partial charge in [-0.3, -0.25) is 13.9 Å². The van der Waals surface area contributed by atoms with Gasteiger partial charge in [-0.2, -0.15) is 4.98 Å². The van der Waals surface area contributed by atoms with E-state index in [1.54, 1.807) is 0 Å². The standard InChI is InChI=1S/C18H28FN4O9PS2/c19-14-15(24)12(35-16(14)23-7-6-13(20)22-17(23)25)10-29-31-32-33(27,28)30-8-9-34-18(26)21-11-4-2-1-3-5-11/h6-7,11-12,14-16,24H,1-5,8-10H2,(H,21,26)(H,27,28)(H2,20,22,25)/t12-,14+,15-,16-/m1/s1. The molecule has 1 aromatic rings. The van der Waals surface area contributed by atoms with Crippen molar-refractivity contribution >= 4 is 42.4 Å². The van der Waals surface area contributed by atoms with Gasteiger partial charge in [0.2, 0.25) is 0 Å². The fourth-order valence-electron chi connectivity index (χ4n) is 3.60. The lowest BCUT2D eigenvalue weighted by molar-refractivity contribution is -0.472. The third-order valence-corrected chi connectivity index (χ3v) is 8.36. The van der Waals surface area contributed by atoms with Crippen LogP contribution in [0.15, 0.2) is 17.1 Å². The summed E-state index contributed by atoms with van der Waals surface area (Å²) in [4.78, 5) is 41.6. The molecule has 35 heavy (non-hydrogen) atoms. The first-order chi connectivity index (χ1) is 16.7. The Morgan fingerprint density at radius 2 is 2.14 bits per heavy atom. The maximum Gasteiger partial charge on any atom is 0.501 e. The van der Waals surface area contributed by atoms with Crippen LogP contribution in [0.4, 0.5) is 15.0 Å². The predicted octanol–water partition coefficient (Wildman–Crippen LogP) is 1.91. The van der Waals surface area contributed by atoms with Crippen molar-refractivity contribution in [3.05, 3.63) is 22.7 Å². The number of hydrogen-bond donors (Lipinski definition) is 4. The van der Waals surface area contributed by atoms with Crippen molar-refractivity contribution in [1.82, 2.24) is 14.9 Å². The lowest BCUT2D eigenvalue weighted by Crippen LogP contribution is -2.34. The van der Waals surface area contributed by atoms with Gasteiger partial charge in [0.05, 0.1) is 18.5 Å². The van der Waals surface area contributed by atoms with Crippen LogP contribution in [0.25, 0.3) is 0 Å². The van der Waals surface area contributed by atoms with E-state index in [2.05, 4.69) is 24.9 Å². The molecule has 0 spiro atoms. The smallest absolute Gasteiger partial charge is 0.389 e. The number of nitrogens with zero attached hydrogens (tertiary/aromatic N) is 2. The number of amides is 1. The van der Waals surface area contributed by atoms with Crippen molar-refractivity contribution in [2.45, 2.75) is 61.0 Å². The van der Waals surface area contributed by atoms with E-state index in [9.17, 15) is 28.5 Å². The highest BCUT2D eigenvalue weighted by molar-refractivity contribution is 8.13. The third kappa shape index (κ3) is 8.68. The minimum Gasteiger partial charge on any atom is -0.389 e. The number of alkyl halides is 1. The summed E-state index contributed by atoms with van der Waals surface area (Å²) < 4.78 is 36.2. The normalized spacial score (nSPS) is 26.9. The first kappa shape index (κ1) is 28.3. The monoisotopic (exact) mass is 558 g/mol. The Morgan fingerprint density at radius 3 is 2.86 bits per heavy atom. The number of thioether (sulfide) groups is 2. The summed E-state index contributed by atoms with van der Waals surface area (Å²) in [6, 6.07) is 1.48. The molecule has 3 rings (SSSR count). The molecular formula is C18H28FN4O9PS2. The molecule has 1 saturated heterocycles. The van der Waals surface area contributed by atoms with Crippen LogP contribution in [0.2, 0.25) is 0 Å². The van der Waals surface area contributed by atoms with E-state index in [4.69, 9.17) is 10.3 Å². The zero-order chi connectivity index (χ0) is 25.4. The van der Waals surface area contributed by atoms with E-state index in [1.165, 1.54) is 18.7 Å². The van der Waals surface area contributed by atoms with Crippen LogP contribution in [-0.2, 0) is 23.7 Å². The van der Waals surface area contributed by atoms with Crippen molar-refractivity contribution in [3.8, 4) is 0 Å². The molecule has 1 aliphatic heterocycles. The van der Waals surface area contributed by atoms with E-state index in [0.29, 0.717) is 0 Å². The third-order valence-electron chi connectivity index (χ3n) is 5.32. The van der Waals surface area contributed by atoms with E-state index in [1.807, 2.05) is 0 Å². The highest BCUT2D eigenvalue weighted by Gasteiger charge is 2.45. The molecule has 2 aliphatic rings. The SMILES string of the molecule is Nc1ccn([C@@H]2S[C@H](COOOP(=O)(O)OCCSC(=O)NC3CCCCC3)[C@@H](O)[C@@H]2F)c(=O)n1. The molecule has 5 N–H and O–H groups in total. The average molecular weight is 559 g/mol. The summed E-state index contributed by atoms with van der Waals surface area (Å²) >= 11 is 1.80. The molecular weight excluding hydrogens is 530 g/mol.